The van der Waals surface area contributed by atoms with Crippen LogP contribution in [-0.4, -0.2) is 0 Å². The van der Waals surface area contributed by atoms with E-state index in [9.17, 15) is 0 Å². The Hall–Kier alpha value is -11.4. The number of benzene rings is 19. The topological polar surface area (TPSA) is 0 Å². The highest BCUT2D eigenvalue weighted by atomic mass is 14.3. The molecule has 0 amide bonds. The second-order valence-electron chi connectivity index (χ2n) is 43.1. The van der Waals surface area contributed by atoms with Gasteiger partial charge < -0.3 is 0 Å². The Balaban J connectivity index is 0.000000162. The average molecular weight is 1770 g/mol. The van der Waals surface area contributed by atoms with E-state index < -0.39 is 0 Å². The highest BCUT2D eigenvalue weighted by Gasteiger charge is 2.21. The minimum absolute atomic E-state index is 0.508. The van der Waals surface area contributed by atoms with E-state index in [0.717, 1.165) is 23.7 Å². The van der Waals surface area contributed by atoms with Gasteiger partial charge in [0.05, 0.1) is 0 Å². The third kappa shape index (κ3) is 27.0. The monoisotopic (exact) mass is 1770 g/mol. The van der Waals surface area contributed by atoms with Crippen LogP contribution in [0.4, 0.5) is 0 Å². The van der Waals surface area contributed by atoms with Gasteiger partial charge in [0, 0.05) is 0 Å². The Labute approximate surface area is 809 Å². The molecule has 0 atom stereocenters. The van der Waals surface area contributed by atoms with Crippen molar-refractivity contribution in [3.05, 3.63) is 371 Å². The maximum Gasteiger partial charge on any atom is -0.00990 e. The molecule has 0 N–H and O–H groups in total. The van der Waals surface area contributed by atoms with Crippen molar-refractivity contribution in [2.45, 2.75) is 281 Å². The minimum Gasteiger partial charge on any atom is -0.0630 e. The molecule has 0 radical (unpaired) electrons. The first-order chi connectivity index (χ1) is 63.7. The Kier molecular flexibility index (Phi) is 38.0. The summed E-state index contributed by atoms with van der Waals surface area (Å²) in [6.45, 7) is 71.6. The zero-order valence-corrected chi connectivity index (χ0v) is 88.1. The van der Waals surface area contributed by atoms with Crippen LogP contribution < -0.4 is 0 Å². The zero-order valence-electron chi connectivity index (χ0n) is 88.1. The molecule has 0 aliphatic heterocycles. The Morgan fingerprint density at radius 2 is 0.284 bits per heavy atom. The summed E-state index contributed by atoms with van der Waals surface area (Å²) < 4.78 is 0. The van der Waals surface area contributed by atoms with Crippen molar-refractivity contribution in [3.8, 4) is 0 Å². The van der Waals surface area contributed by atoms with Gasteiger partial charge in [0.15, 0.2) is 0 Å². The van der Waals surface area contributed by atoms with Crippen LogP contribution in [0, 0.1) is 23.7 Å². The molecule has 0 heteroatoms. The lowest BCUT2D eigenvalue weighted by molar-refractivity contribution is 0.736. The highest BCUT2D eigenvalue weighted by Crippen LogP contribution is 2.44. The van der Waals surface area contributed by atoms with E-state index in [-0.39, 0.29) is 0 Å². The van der Waals surface area contributed by atoms with Gasteiger partial charge in [-0.25, -0.2) is 0 Å². The van der Waals surface area contributed by atoms with Crippen molar-refractivity contribution in [2.24, 2.45) is 23.7 Å². The average Bonchev–Trinajstić information content (AvgIpc) is 0.731. The van der Waals surface area contributed by atoms with Crippen molar-refractivity contribution < 1.29 is 0 Å². The van der Waals surface area contributed by atoms with Crippen LogP contribution in [0.1, 0.15) is 336 Å². The van der Waals surface area contributed by atoms with Gasteiger partial charge in [-0.3, -0.25) is 0 Å². The molecule has 19 rings (SSSR count). The molecule has 0 aromatic heterocycles. The van der Waals surface area contributed by atoms with Gasteiger partial charge in [0.2, 0.25) is 0 Å². The van der Waals surface area contributed by atoms with Crippen LogP contribution >= 0.6 is 0 Å². The summed E-state index contributed by atoms with van der Waals surface area (Å²) in [5.41, 5.74) is 14.4. The van der Waals surface area contributed by atoms with Crippen molar-refractivity contribution in [1.82, 2.24) is 0 Å². The molecule has 0 bridgehead atoms. The summed E-state index contributed by atoms with van der Waals surface area (Å²) in [7, 11) is 0. The fourth-order valence-corrected chi connectivity index (χ4v) is 17.7. The molecule has 19 aromatic carbocycles. The molecule has 0 heterocycles. The normalized spacial score (nSPS) is 11.5. The van der Waals surface area contributed by atoms with Gasteiger partial charge >= 0.3 is 0 Å². The summed E-state index contributed by atoms with van der Waals surface area (Å²) in [4.78, 5) is 0. The SMILES string of the molecule is CC(C)C.CC(C)C.CC(C)C.CC(C)C.CC(C)c1ccc2c(C(C)C)c3cc(C(C)C)ccc3c(C(C)C)c2c1.CC(C)c1ccc2c(ccc3cc(C(C)C)ccc32)c1.CC(C)c1ccc2cc(C(C)C)c3ccccc3c2c1.CC(C)c1ccc2ccc3ccc(C(C)C)cc3c2c1.c1ccc2c(c1)c1ccccc1c1ccccc21.c1ccc2c(c1)ccc1ccccc12. The largest absolute Gasteiger partial charge is 0.0630 e. The molecule has 19 aromatic rings. The third-order valence-corrected chi connectivity index (χ3v) is 24.7. The van der Waals surface area contributed by atoms with Crippen LogP contribution in [0.2, 0.25) is 0 Å². The van der Waals surface area contributed by atoms with E-state index in [1.807, 2.05) is 0 Å². The highest BCUT2D eigenvalue weighted by molar-refractivity contribution is 6.25. The molecule has 0 aliphatic carbocycles. The van der Waals surface area contributed by atoms with Gasteiger partial charge in [-0.1, -0.05) is 537 Å². The molecular formula is C134H162. The Morgan fingerprint density at radius 1 is 0.112 bits per heavy atom. The smallest absolute Gasteiger partial charge is 0.00990 e. The molecule has 0 unspecified atom stereocenters. The summed E-state index contributed by atoms with van der Waals surface area (Å²) in [6, 6.07) is 116. The molecule has 0 spiro atoms. The van der Waals surface area contributed by atoms with Gasteiger partial charge in [-0.05, 0) is 279 Å². The fourth-order valence-electron chi connectivity index (χ4n) is 17.7. The van der Waals surface area contributed by atoms with E-state index in [2.05, 4.69) is 537 Å². The first-order valence-electron chi connectivity index (χ1n) is 50.8. The van der Waals surface area contributed by atoms with Crippen LogP contribution in [0.5, 0.6) is 0 Å². The van der Waals surface area contributed by atoms with Crippen LogP contribution in [0.3, 0.4) is 0 Å². The van der Waals surface area contributed by atoms with Crippen molar-refractivity contribution in [3.63, 3.8) is 0 Å². The number of fused-ring (bicyclic) bond motifs is 20. The van der Waals surface area contributed by atoms with Gasteiger partial charge in [0.25, 0.3) is 0 Å². The van der Waals surface area contributed by atoms with Gasteiger partial charge in [-0.15, -0.1) is 0 Å². The minimum atomic E-state index is 0.508. The molecule has 0 nitrogen and oxygen atoms in total. The van der Waals surface area contributed by atoms with Crippen molar-refractivity contribution in [1.29, 1.82) is 0 Å². The maximum atomic E-state index is 2.46. The van der Waals surface area contributed by atoms with Gasteiger partial charge in [0.1, 0.15) is 0 Å². The maximum absolute atomic E-state index is 2.46. The molecule has 0 saturated heterocycles. The van der Waals surface area contributed by atoms with E-state index in [1.54, 1.807) is 0 Å². The Bertz CT molecular complexity index is 6510. The second-order valence-corrected chi connectivity index (χ2v) is 43.1. The number of hydrogen-bond donors (Lipinski definition) is 0. The molecule has 0 fully saturated rings. The van der Waals surface area contributed by atoms with E-state index in [1.165, 1.54) is 196 Å². The van der Waals surface area contributed by atoms with Crippen LogP contribution in [-0.2, 0) is 0 Å². The number of hydrogen-bond acceptors (Lipinski definition) is 0. The lowest BCUT2D eigenvalue weighted by Gasteiger charge is -2.23. The lowest BCUT2D eigenvalue weighted by Crippen LogP contribution is -2.01. The van der Waals surface area contributed by atoms with Gasteiger partial charge in [-0.2, -0.15) is 0 Å². The quantitative estimate of drug-likeness (QED) is 0.0946. The summed E-state index contributed by atoms with van der Waals surface area (Å²) in [5, 5.41) is 35.5. The number of rotatable bonds is 10. The predicted molar refractivity (Wildman–Crippen MR) is 609 cm³/mol. The summed E-state index contributed by atoms with van der Waals surface area (Å²) in [6.07, 6.45) is 0. The summed E-state index contributed by atoms with van der Waals surface area (Å²) in [5.74, 6) is 8.89. The van der Waals surface area contributed by atoms with E-state index in [0.29, 0.717) is 59.2 Å². The first kappa shape index (κ1) is 105. The molecular weight excluding hydrogens is 1610 g/mol. The molecule has 134 heavy (non-hydrogen) atoms. The predicted octanol–water partition coefficient (Wildman–Crippen LogP) is 43.0. The first-order valence-corrected chi connectivity index (χ1v) is 50.8. The second kappa shape index (κ2) is 48.7. The lowest BCUT2D eigenvalue weighted by atomic mass is 9.81. The zero-order chi connectivity index (χ0) is 97.6. The van der Waals surface area contributed by atoms with Crippen LogP contribution in [0.15, 0.2) is 315 Å². The third-order valence-electron chi connectivity index (χ3n) is 24.7. The van der Waals surface area contributed by atoms with E-state index >= 15 is 0 Å². The van der Waals surface area contributed by atoms with E-state index in [4.69, 9.17) is 0 Å². The summed E-state index contributed by atoms with van der Waals surface area (Å²) >= 11 is 0. The van der Waals surface area contributed by atoms with Crippen molar-refractivity contribution in [2.75, 3.05) is 0 Å². The van der Waals surface area contributed by atoms with Crippen molar-refractivity contribution >= 4 is 140 Å². The fraction of sp³-hybridized carbons (Fsp3) is 0.343. The molecule has 698 valence electrons. The van der Waals surface area contributed by atoms with Crippen LogP contribution in [0.25, 0.3) is 140 Å². The standard InChI is InChI=1S/C26H34.3C20H22.C18H12.C14H10.4C4H10/c1-15(2)19-9-11-21-23(13-19)25(17(5)6)22-12-10-20(16(3)4)14-24(22)26(21)18(7)8;1-13(2)15-7-9-19-17(11-15)5-6-18-12-16(14(3)4)8-10-20(18)19;1-13(2)17-9-7-15-5-6-16-8-10-18(14(3)4)12-20(16)19(15)11-17;1-13(2)15-9-10-16-12-19(14(3)4)17-7-5-6-8-18(17)20(16)11-15;1-2-8-14-13(7-1)15-9-3-4-11-17(15)18-12-6-5-10-16(14)18;1-3-7-13-11(5-1)9-10-12-6-2-4-8-14(12)13;4*1-4(2)3/h9-18H,1-8H3;3*5-14H,1-4H3;1-12H;1-10H;4*4H,1-3H3. The molecule has 0 aliphatic rings. The molecule has 0 saturated carbocycles. The Morgan fingerprint density at radius 3 is 0.545 bits per heavy atom.